The van der Waals surface area contributed by atoms with Gasteiger partial charge in [0, 0.05) is 25.4 Å². The SMILES string of the molecule is CC1(C)OB(c2ccc(SC3CCC(Nc4ccccc4I)C3)c(F)c2)OC1(C)C. The van der Waals surface area contributed by atoms with E-state index in [1.54, 1.807) is 17.8 Å². The van der Waals surface area contributed by atoms with Crippen LogP contribution in [-0.4, -0.2) is 29.6 Å². The van der Waals surface area contributed by atoms with E-state index in [2.05, 4.69) is 52.2 Å². The molecular weight excluding hydrogens is 511 g/mol. The molecule has 0 radical (unpaired) electrons. The molecular formula is C23H28BFINO2S. The lowest BCUT2D eigenvalue weighted by atomic mass is 9.79. The predicted octanol–water partition coefficient (Wildman–Crippen LogP) is 5.85. The second-order valence-electron chi connectivity index (χ2n) is 9.15. The first-order valence-electron chi connectivity index (χ1n) is 10.5. The fourth-order valence-corrected chi connectivity index (χ4v) is 5.70. The van der Waals surface area contributed by atoms with Crippen molar-refractivity contribution in [1.82, 2.24) is 0 Å². The first kappa shape index (κ1) is 22.4. The summed E-state index contributed by atoms with van der Waals surface area (Å²) in [4.78, 5) is 0.704. The van der Waals surface area contributed by atoms with Crippen molar-refractivity contribution in [2.45, 2.75) is 74.3 Å². The molecule has 2 aliphatic rings. The van der Waals surface area contributed by atoms with E-state index in [0.717, 1.165) is 24.7 Å². The number of anilines is 1. The van der Waals surface area contributed by atoms with E-state index >= 15 is 0 Å². The highest BCUT2D eigenvalue weighted by Gasteiger charge is 2.51. The molecule has 2 unspecified atom stereocenters. The zero-order valence-corrected chi connectivity index (χ0v) is 20.8. The molecule has 1 aliphatic heterocycles. The van der Waals surface area contributed by atoms with E-state index in [9.17, 15) is 4.39 Å². The van der Waals surface area contributed by atoms with Crippen molar-refractivity contribution in [2.24, 2.45) is 0 Å². The molecule has 4 rings (SSSR count). The zero-order chi connectivity index (χ0) is 21.5. The summed E-state index contributed by atoms with van der Waals surface area (Å²) in [6, 6.07) is 14.2. The van der Waals surface area contributed by atoms with E-state index in [1.807, 2.05) is 39.8 Å². The van der Waals surface area contributed by atoms with Crippen LogP contribution in [0.1, 0.15) is 47.0 Å². The maximum absolute atomic E-state index is 14.9. The molecule has 0 spiro atoms. The van der Waals surface area contributed by atoms with Gasteiger partial charge in [-0.3, -0.25) is 0 Å². The van der Waals surface area contributed by atoms with Gasteiger partial charge in [-0.2, -0.15) is 0 Å². The molecule has 0 amide bonds. The monoisotopic (exact) mass is 539 g/mol. The minimum absolute atomic E-state index is 0.193. The topological polar surface area (TPSA) is 30.5 Å². The van der Waals surface area contributed by atoms with Crippen LogP contribution >= 0.6 is 34.4 Å². The third-order valence-corrected chi connectivity index (χ3v) is 8.68. The Morgan fingerprint density at radius 1 is 1.07 bits per heavy atom. The summed E-state index contributed by atoms with van der Waals surface area (Å²) in [6.45, 7) is 8.03. The van der Waals surface area contributed by atoms with Gasteiger partial charge in [-0.1, -0.05) is 18.2 Å². The van der Waals surface area contributed by atoms with Crippen LogP contribution in [0.3, 0.4) is 0 Å². The lowest BCUT2D eigenvalue weighted by molar-refractivity contribution is 0.00578. The van der Waals surface area contributed by atoms with E-state index < -0.39 is 18.3 Å². The van der Waals surface area contributed by atoms with Gasteiger partial charge in [-0.15, -0.1) is 11.8 Å². The number of nitrogens with one attached hydrogen (secondary N) is 1. The van der Waals surface area contributed by atoms with Gasteiger partial charge in [0.05, 0.1) is 11.2 Å². The van der Waals surface area contributed by atoms with E-state index in [1.165, 1.54) is 9.26 Å². The first-order chi connectivity index (χ1) is 14.1. The first-order valence-corrected chi connectivity index (χ1v) is 12.4. The maximum atomic E-state index is 14.9. The number of benzene rings is 2. The summed E-state index contributed by atoms with van der Waals surface area (Å²) in [7, 11) is -0.531. The Bertz CT molecular complexity index is 910. The van der Waals surface area contributed by atoms with Crippen molar-refractivity contribution in [3.05, 3.63) is 51.9 Å². The van der Waals surface area contributed by atoms with Gasteiger partial charge < -0.3 is 14.6 Å². The van der Waals surface area contributed by atoms with Gasteiger partial charge in [-0.05, 0) is 99.3 Å². The molecule has 1 saturated carbocycles. The minimum atomic E-state index is -0.531. The number of hydrogen-bond acceptors (Lipinski definition) is 4. The summed E-state index contributed by atoms with van der Waals surface area (Å²) in [6.07, 6.45) is 3.23. The Morgan fingerprint density at radius 2 is 1.77 bits per heavy atom. The number of hydrogen-bond donors (Lipinski definition) is 1. The van der Waals surface area contributed by atoms with Gasteiger partial charge in [0.15, 0.2) is 0 Å². The van der Waals surface area contributed by atoms with Crippen LogP contribution in [0.5, 0.6) is 0 Å². The number of halogens is 2. The third-order valence-electron chi connectivity index (χ3n) is 6.39. The number of para-hydroxylation sites is 1. The summed E-state index contributed by atoms with van der Waals surface area (Å²) in [5.74, 6) is -0.193. The highest BCUT2D eigenvalue weighted by Crippen LogP contribution is 2.39. The van der Waals surface area contributed by atoms with Crippen molar-refractivity contribution >= 4 is 52.6 Å². The van der Waals surface area contributed by atoms with Crippen LogP contribution in [0, 0.1) is 9.39 Å². The molecule has 7 heteroatoms. The summed E-state index contributed by atoms with van der Waals surface area (Å²) in [5, 5.41) is 4.07. The molecule has 2 aromatic carbocycles. The quantitative estimate of drug-likeness (QED) is 0.382. The average Bonchev–Trinajstić information content (AvgIpc) is 3.19. The summed E-state index contributed by atoms with van der Waals surface area (Å²) < 4.78 is 28.2. The largest absolute Gasteiger partial charge is 0.494 e. The van der Waals surface area contributed by atoms with Crippen molar-refractivity contribution in [2.75, 3.05) is 5.32 Å². The molecule has 2 aromatic rings. The van der Waals surface area contributed by atoms with Crippen LogP contribution in [0.25, 0.3) is 0 Å². The molecule has 1 heterocycles. The van der Waals surface area contributed by atoms with Gasteiger partial charge in [0.2, 0.25) is 0 Å². The average molecular weight is 539 g/mol. The Labute approximate surface area is 197 Å². The van der Waals surface area contributed by atoms with E-state index in [-0.39, 0.29) is 5.82 Å². The maximum Gasteiger partial charge on any atom is 0.494 e. The Balaban J connectivity index is 1.37. The van der Waals surface area contributed by atoms with Crippen LogP contribution in [-0.2, 0) is 9.31 Å². The van der Waals surface area contributed by atoms with Crippen LogP contribution in [0.4, 0.5) is 10.1 Å². The molecule has 160 valence electrons. The standard InChI is InChI=1S/C23H28BFINO2S/c1-22(2)23(3,4)29-24(28-22)15-9-12-21(18(25)13-15)30-17-11-10-16(14-17)27-20-8-6-5-7-19(20)26/h5-9,12-13,16-17,27H,10-11,14H2,1-4H3. The molecule has 0 bridgehead atoms. The fourth-order valence-electron chi connectivity index (χ4n) is 3.89. The van der Waals surface area contributed by atoms with Crippen molar-refractivity contribution in [1.29, 1.82) is 0 Å². The molecule has 30 heavy (non-hydrogen) atoms. The Hall–Kier alpha value is -0.765. The lowest BCUT2D eigenvalue weighted by Crippen LogP contribution is -2.41. The van der Waals surface area contributed by atoms with Gasteiger partial charge >= 0.3 is 7.12 Å². The molecule has 2 atom stereocenters. The van der Waals surface area contributed by atoms with Crippen LogP contribution in [0.15, 0.2) is 47.4 Å². The molecule has 1 saturated heterocycles. The van der Waals surface area contributed by atoms with Gasteiger partial charge in [-0.25, -0.2) is 4.39 Å². The second-order valence-corrected chi connectivity index (χ2v) is 11.7. The summed E-state index contributed by atoms with van der Waals surface area (Å²) in [5.41, 5.74) is 1.07. The fraction of sp³-hybridized carbons (Fsp3) is 0.478. The second kappa shape index (κ2) is 8.64. The zero-order valence-electron chi connectivity index (χ0n) is 17.9. The summed E-state index contributed by atoms with van der Waals surface area (Å²) >= 11 is 4.01. The number of rotatable bonds is 5. The minimum Gasteiger partial charge on any atom is -0.399 e. The molecule has 0 aromatic heterocycles. The predicted molar refractivity (Wildman–Crippen MR) is 132 cm³/mol. The molecule has 1 aliphatic carbocycles. The van der Waals surface area contributed by atoms with Gasteiger partial charge in [0.1, 0.15) is 5.82 Å². The smallest absolute Gasteiger partial charge is 0.399 e. The van der Waals surface area contributed by atoms with Crippen molar-refractivity contribution < 1.29 is 13.7 Å². The number of thioether (sulfide) groups is 1. The van der Waals surface area contributed by atoms with E-state index in [4.69, 9.17) is 9.31 Å². The van der Waals surface area contributed by atoms with E-state index in [0.29, 0.717) is 16.2 Å². The van der Waals surface area contributed by atoms with Crippen LogP contribution < -0.4 is 10.8 Å². The van der Waals surface area contributed by atoms with Crippen molar-refractivity contribution in [3.8, 4) is 0 Å². The lowest BCUT2D eigenvalue weighted by Gasteiger charge is -2.32. The molecule has 2 fully saturated rings. The third kappa shape index (κ3) is 4.69. The van der Waals surface area contributed by atoms with Gasteiger partial charge in [0.25, 0.3) is 0 Å². The van der Waals surface area contributed by atoms with Crippen LogP contribution in [0.2, 0.25) is 0 Å². The Morgan fingerprint density at radius 3 is 2.43 bits per heavy atom. The molecule has 1 N–H and O–H groups in total. The normalized spacial score (nSPS) is 24.9. The highest BCUT2D eigenvalue weighted by molar-refractivity contribution is 14.1. The molecule has 3 nitrogen and oxygen atoms in total. The highest BCUT2D eigenvalue weighted by atomic mass is 127. The van der Waals surface area contributed by atoms with Crippen molar-refractivity contribution in [3.63, 3.8) is 0 Å². The Kier molecular flexibility index (Phi) is 6.46.